The molecule has 0 heterocycles. The Morgan fingerprint density at radius 1 is 1.47 bits per heavy atom. The molecular formula is C12H16ClFO. The van der Waals surface area contributed by atoms with Gasteiger partial charge in [-0.3, -0.25) is 0 Å². The smallest absolute Gasteiger partial charge is 0.127 e. The van der Waals surface area contributed by atoms with Crippen molar-refractivity contribution in [3.8, 4) is 0 Å². The average Bonchev–Trinajstić information content (AvgIpc) is 2.20. The molecule has 1 aromatic rings. The minimum atomic E-state index is -0.375. The van der Waals surface area contributed by atoms with Crippen LogP contribution in [0.4, 0.5) is 4.39 Å². The predicted molar refractivity (Wildman–Crippen MR) is 60.6 cm³/mol. The van der Waals surface area contributed by atoms with Gasteiger partial charge in [-0.25, -0.2) is 4.39 Å². The number of aliphatic hydroxyl groups excluding tert-OH is 1. The Labute approximate surface area is 94.9 Å². The van der Waals surface area contributed by atoms with E-state index in [1.54, 1.807) is 12.1 Å². The van der Waals surface area contributed by atoms with Crippen LogP contribution in [0.1, 0.15) is 25.8 Å². The molecule has 3 heteroatoms. The standard InChI is InChI=1S/C12H16ClFO/c1-3-12(15)8(2)6-9-4-5-10(13)7-11(9)14/h4-5,7-8,12,15H,3,6H2,1-2H3. The summed E-state index contributed by atoms with van der Waals surface area (Å²) >= 11 is 5.65. The summed E-state index contributed by atoms with van der Waals surface area (Å²) < 4.78 is 13.4. The van der Waals surface area contributed by atoms with Gasteiger partial charge in [0.15, 0.2) is 0 Å². The predicted octanol–water partition coefficient (Wildman–Crippen LogP) is 3.43. The summed E-state index contributed by atoms with van der Waals surface area (Å²) in [5, 5.41) is 9.99. The van der Waals surface area contributed by atoms with Crippen LogP contribution in [0.5, 0.6) is 0 Å². The topological polar surface area (TPSA) is 20.2 Å². The van der Waals surface area contributed by atoms with Crippen LogP contribution in [-0.4, -0.2) is 11.2 Å². The maximum atomic E-state index is 13.4. The molecule has 1 N–H and O–H groups in total. The monoisotopic (exact) mass is 230 g/mol. The number of hydrogen-bond acceptors (Lipinski definition) is 1. The fourth-order valence-electron chi connectivity index (χ4n) is 1.57. The second-order valence-corrected chi connectivity index (χ2v) is 4.33. The second kappa shape index (κ2) is 5.47. The first-order valence-corrected chi connectivity index (χ1v) is 5.54. The van der Waals surface area contributed by atoms with E-state index >= 15 is 0 Å². The Morgan fingerprint density at radius 2 is 2.13 bits per heavy atom. The molecule has 0 saturated heterocycles. The van der Waals surface area contributed by atoms with Gasteiger partial charge in [0.05, 0.1) is 6.10 Å². The maximum Gasteiger partial charge on any atom is 0.127 e. The number of aliphatic hydroxyl groups is 1. The van der Waals surface area contributed by atoms with Crippen molar-refractivity contribution in [1.29, 1.82) is 0 Å². The van der Waals surface area contributed by atoms with E-state index in [-0.39, 0.29) is 17.8 Å². The number of rotatable bonds is 4. The molecule has 0 radical (unpaired) electrons. The van der Waals surface area contributed by atoms with Gasteiger partial charge in [0.25, 0.3) is 0 Å². The van der Waals surface area contributed by atoms with Crippen molar-refractivity contribution in [3.05, 3.63) is 34.6 Å². The van der Waals surface area contributed by atoms with Gasteiger partial charge in [-0.2, -0.15) is 0 Å². The van der Waals surface area contributed by atoms with E-state index in [9.17, 15) is 9.50 Å². The Hall–Kier alpha value is -0.600. The molecule has 0 bridgehead atoms. The van der Waals surface area contributed by atoms with E-state index in [0.29, 0.717) is 23.4 Å². The summed E-state index contributed by atoms with van der Waals surface area (Å²) in [5.74, 6) is -0.233. The van der Waals surface area contributed by atoms with Crippen LogP contribution in [0.25, 0.3) is 0 Å². The van der Waals surface area contributed by atoms with Crippen LogP contribution in [0.3, 0.4) is 0 Å². The zero-order chi connectivity index (χ0) is 11.4. The van der Waals surface area contributed by atoms with Crippen molar-refractivity contribution in [1.82, 2.24) is 0 Å². The van der Waals surface area contributed by atoms with Gasteiger partial charge in [0.1, 0.15) is 5.82 Å². The summed E-state index contributed by atoms with van der Waals surface area (Å²) in [6.07, 6.45) is 0.856. The van der Waals surface area contributed by atoms with Gasteiger partial charge in [0.2, 0.25) is 0 Å². The van der Waals surface area contributed by atoms with Crippen LogP contribution in [0.2, 0.25) is 5.02 Å². The molecule has 1 nitrogen and oxygen atoms in total. The molecule has 0 amide bonds. The van der Waals surface area contributed by atoms with Crippen molar-refractivity contribution >= 4 is 11.6 Å². The molecular weight excluding hydrogens is 215 g/mol. The Kier molecular flexibility index (Phi) is 4.55. The molecule has 0 aromatic heterocycles. The fraction of sp³-hybridized carbons (Fsp3) is 0.500. The van der Waals surface area contributed by atoms with Gasteiger partial charge in [-0.05, 0) is 36.5 Å². The van der Waals surface area contributed by atoms with Crippen LogP contribution in [-0.2, 0) is 6.42 Å². The Balaban J connectivity index is 2.72. The Morgan fingerprint density at radius 3 is 2.67 bits per heavy atom. The Bertz CT molecular complexity index is 327. The SMILES string of the molecule is CCC(O)C(C)Cc1ccc(Cl)cc1F. The van der Waals surface area contributed by atoms with E-state index in [1.807, 2.05) is 13.8 Å². The lowest BCUT2D eigenvalue weighted by atomic mass is 9.94. The second-order valence-electron chi connectivity index (χ2n) is 3.89. The molecule has 2 atom stereocenters. The molecule has 0 aliphatic rings. The minimum absolute atomic E-state index is 0.0608. The highest BCUT2D eigenvalue weighted by Gasteiger charge is 2.14. The van der Waals surface area contributed by atoms with E-state index in [4.69, 9.17) is 11.6 Å². The first kappa shape index (κ1) is 12.5. The van der Waals surface area contributed by atoms with Gasteiger partial charge in [-0.15, -0.1) is 0 Å². The molecule has 1 rings (SSSR count). The number of halogens is 2. The van der Waals surface area contributed by atoms with E-state index < -0.39 is 0 Å². The molecule has 0 aliphatic heterocycles. The summed E-state index contributed by atoms with van der Waals surface area (Å²) in [7, 11) is 0. The highest BCUT2D eigenvalue weighted by atomic mass is 35.5. The molecule has 0 fully saturated rings. The van der Waals surface area contributed by atoms with Gasteiger partial charge in [-0.1, -0.05) is 31.5 Å². The first-order valence-electron chi connectivity index (χ1n) is 5.16. The zero-order valence-corrected chi connectivity index (χ0v) is 9.76. The molecule has 0 aliphatic carbocycles. The third-order valence-corrected chi connectivity index (χ3v) is 2.87. The van der Waals surface area contributed by atoms with E-state index in [0.717, 1.165) is 0 Å². The number of benzene rings is 1. The number of hydrogen-bond donors (Lipinski definition) is 1. The summed E-state index contributed by atoms with van der Waals surface area (Å²) in [4.78, 5) is 0. The normalized spacial score (nSPS) is 15.0. The molecule has 0 saturated carbocycles. The van der Waals surface area contributed by atoms with E-state index in [1.165, 1.54) is 6.07 Å². The van der Waals surface area contributed by atoms with Crippen LogP contribution in [0.15, 0.2) is 18.2 Å². The summed E-state index contributed by atoms with van der Waals surface area (Å²) in [6.45, 7) is 3.83. The lowest BCUT2D eigenvalue weighted by Crippen LogP contribution is -2.19. The van der Waals surface area contributed by atoms with Crippen LogP contribution < -0.4 is 0 Å². The molecule has 1 aromatic carbocycles. The van der Waals surface area contributed by atoms with Gasteiger partial charge >= 0.3 is 0 Å². The summed E-state index contributed by atoms with van der Waals surface area (Å²) in [6, 6.07) is 4.66. The van der Waals surface area contributed by atoms with Crippen LogP contribution in [0, 0.1) is 11.7 Å². The molecule has 0 spiro atoms. The van der Waals surface area contributed by atoms with E-state index in [2.05, 4.69) is 0 Å². The summed E-state index contributed by atoms with van der Waals surface area (Å²) in [5.41, 5.74) is 0.611. The quantitative estimate of drug-likeness (QED) is 0.840. The largest absolute Gasteiger partial charge is 0.393 e. The van der Waals surface area contributed by atoms with Crippen LogP contribution >= 0.6 is 11.6 Å². The third kappa shape index (κ3) is 3.47. The van der Waals surface area contributed by atoms with Gasteiger partial charge in [0, 0.05) is 5.02 Å². The van der Waals surface area contributed by atoms with Crippen molar-refractivity contribution < 1.29 is 9.50 Å². The maximum absolute atomic E-state index is 13.4. The van der Waals surface area contributed by atoms with Crippen molar-refractivity contribution in [2.45, 2.75) is 32.8 Å². The highest BCUT2D eigenvalue weighted by molar-refractivity contribution is 6.30. The molecule has 15 heavy (non-hydrogen) atoms. The average molecular weight is 231 g/mol. The highest BCUT2D eigenvalue weighted by Crippen LogP contribution is 2.19. The van der Waals surface area contributed by atoms with Crippen molar-refractivity contribution in [3.63, 3.8) is 0 Å². The lowest BCUT2D eigenvalue weighted by Gasteiger charge is -2.17. The lowest BCUT2D eigenvalue weighted by molar-refractivity contribution is 0.112. The first-order chi connectivity index (χ1) is 7.04. The molecule has 84 valence electrons. The van der Waals surface area contributed by atoms with Gasteiger partial charge < -0.3 is 5.11 Å². The molecule has 2 unspecified atom stereocenters. The fourth-order valence-corrected chi connectivity index (χ4v) is 1.73. The minimum Gasteiger partial charge on any atom is -0.393 e. The van der Waals surface area contributed by atoms with Crippen molar-refractivity contribution in [2.75, 3.05) is 0 Å². The van der Waals surface area contributed by atoms with Crippen molar-refractivity contribution in [2.24, 2.45) is 5.92 Å². The zero-order valence-electron chi connectivity index (χ0n) is 9.00. The third-order valence-electron chi connectivity index (χ3n) is 2.63.